The van der Waals surface area contributed by atoms with Crippen LogP contribution in [0.4, 0.5) is 5.69 Å². The third kappa shape index (κ3) is 8.65. The highest BCUT2D eigenvalue weighted by molar-refractivity contribution is 6.08. The van der Waals surface area contributed by atoms with Gasteiger partial charge in [-0.15, -0.1) is 0 Å². The first-order valence-electron chi connectivity index (χ1n) is 18.4. The minimum absolute atomic E-state index is 0.205. The van der Waals surface area contributed by atoms with Gasteiger partial charge in [-0.25, -0.2) is 4.79 Å². The number of unbranched alkanes of at least 4 members (excludes halogenated alkanes) is 6. The molecule has 3 aromatic rings. The molecule has 0 amide bonds. The number of hydrogen-bond donors (Lipinski definition) is 3. The number of carbonyl (C=O) groups is 1. The topological polar surface area (TPSA) is 104 Å². The van der Waals surface area contributed by atoms with Gasteiger partial charge in [-0.3, -0.25) is 4.99 Å². The summed E-state index contributed by atoms with van der Waals surface area (Å²) in [5, 5.41) is 25.7. The lowest BCUT2D eigenvalue weighted by Crippen LogP contribution is -2.11. The van der Waals surface area contributed by atoms with Crippen molar-refractivity contribution in [1.82, 2.24) is 0 Å². The van der Waals surface area contributed by atoms with Crippen molar-refractivity contribution in [3.63, 3.8) is 0 Å². The van der Waals surface area contributed by atoms with Crippen LogP contribution in [0.5, 0.6) is 11.5 Å². The maximum Gasteiger partial charge on any atom is 0.338 e. The van der Waals surface area contributed by atoms with Gasteiger partial charge in [0.2, 0.25) is 0 Å². The summed E-state index contributed by atoms with van der Waals surface area (Å²) in [4.78, 5) is 18.3. The van der Waals surface area contributed by atoms with Crippen molar-refractivity contribution in [1.29, 1.82) is 0 Å². The molecule has 0 saturated carbocycles. The Hall–Kier alpha value is -5.04. The predicted molar refractivity (Wildman–Crippen MR) is 209 cm³/mol. The van der Waals surface area contributed by atoms with Crippen molar-refractivity contribution in [3.05, 3.63) is 99.4 Å². The Labute approximate surface area is 302 Å². The van der Waals surface area contributed by atoms with E-state index < -0.39 is 0 Å². The SMILES string of the molecule is CCN=c1cc2oc3cc(NCC)c(C)cc3c(-c3ccccc3C(=O)OCCCCCCCC/C=C/c3cc(O)c(C)c(C)c3O)c-2cc1C. The molecule has 7 nitrogen and oxygen atoms in total. The number of hydrogen-bond acceptors (Lipinski definition) is 7. The number of benzene rings is 4. The number of aromatic hydroxyl groups is 2. The number of aryl methyl sites for hydroxylation is 2. The van der Waals surface area contributed by atoms with Crippen molar-refractivity contribution >= 4 is 28.7 Å². The van der Waals surface area contributed by atoms with Crippen LogP contribution in [-0.4, -0.2) is 35.9 Å². The van der Waals surface area contributed by atoms with Crippen LogP contribution in [0.15, 0.2) is 70.1 Å². The number of fused-ring (bicyclic) bond motifs is 2. The number of phenols is 2. The first-order valence-corrected chi connectivity index (χ1v) is 18.4. The fourth-order valence-corrected chi connectivity index (χ4v) is 6.64. The second-order valence-electron chi connectivity index (χ2n) is 13.4. The maximum absolute atomic E-state index is 13.6. The second kappa shape index (κ2) is 17.3. The molecule has 3 N–H and O–H groups in total. The molecule has 0 saturated heterocycles. The van der Waals surface area contributed by atoms with Gasteiger partial charge in [-0.2, -0.15) is 0 Å². The molecule has 51 heavy (non-hydrogen) atoms. The number of nitrogens with one attached hydrogen (secondary N) is 1. The smallest absolute Gasteiger partial charge is 0.338 e. The van der Waals surface area contributed by atoms with Gasteiger partial charge in [0.15, 0.2) is 0 Å². The molecule has 0 radical (unpaired) electrons. The van der Waals surface area contributed by atoms with Gasteiger partial charge in [0.05, 0.1) is 17.5 Å². The van der Waals surface area contributed by atoms with Crippen LogP contribution in [0.25, 0.3) is 39.5 Å². The molecule has 2 aliphatic rings. The fraction of sp³-hybridized carbons (Fsp3) is 0.364. The summed E-state index contributed by atoms with van der Waals surface area (Å²) in [5.74, 6) is 0.834. The van der Waals surface area contributed by atoms with Crippen LogP contribution < -0.4 is 10.7 Å². The minimum atomic E-state index is -0.321. The van der Waals surface area contributed by atoms with Crippen LogP contribution in [0.3, 0.4) is 0 Å². The van der Waals surface area contributed by atoms with Crippen molar-refractivity contribution in [2.75, 3.05) is 25.0 Å². The van der Waals surface area contributed by atoms with E-state index in [1.807, 2.05) is 50.3 Å². The normalized spacial score (nSPS) is 12.0. The van der Waals surface area contributed by atoms with Gasteiger partial charge in [0.25, 0.3) is 0 Å². The molecule has 0 fully saturated rings. The summed E-state index contributed by atoms with van der Waals surface area (Å²) in [6.45, 7) is 13.7. The van der Waals surface area contributed by atoms with Gasteiger partial charge >= 0.3 is 5.97 Å². The molecular formula is C44H52N2O5. The third-order valence-electron chi connectivity index (χ3n) is 9.66. The Balaban J connectivity index is 1.22. The zero-order chi connectivity index (χ0) is 36.5. The molecular weight excluding hydrogens is 636 g/mol. The zero-order valence-corrected chi connectivity index (χ0v) is 31.0. The zero-order valence-electron chi connectivity index (χ0n) is 31.0. The Kier molecular flexibility index (Phi) is 12.6. The van der Waals surface area contributed by atoms with Crippen molar-refractivity contribution < 1.29 is 24.2 Å². The van der Waals surface area contributed by atoms with Crippen LogP contribution in [0.1, 0.15) is 97.0 Å². The second-order valence-corrected chi connectivity index (χ2v) is 13.4. The highest BCUT2D eigenvalue weighted by Crippen LogP contribution is 2.43. The number of nitrogens with zero attached hydrogens (tertiary/aromatic N) is 1. The van der Waals surface area contributed by atoms with E-state index in [0.717, 1.165) is 107 Å². The Morgan fingerprint density at radius 1 is 0.863 bits per heavy atom. The molecule has 0 unspecified atom stereocenters. The average Bonchev–Trinajstić information content (AvgIpc) is 3.12. The molecule has 0 bridgehead atoms. The number of esters is 1. The highest BCUT2D eigenvalue weighted by atomic mass is 16.5. The summed E-state index contributed by atoms with van der Waals surface area (Å²) in [6, 6.07) is 17.6. The van der Waals surface area contributed by atoms with E-state index in [0.29, 0.717) is 35.4 Å². The van der Waals surface area contributed by atoms with Gasteiger partial charge in [0.1, 0.15) is 22.8 Å². The lowest BCUT2D eigenvalue weighted by atomic mass is 9.89. The van der Waals surface area contributed by atoms with Crippen LogP contribution >= 0.6 is 0 Å². The molecule has 0 aromatic heterocycles. The summed E-state index contributed by atoms with van der Waals surface area (Å²) >= 11 is 0. The highest BCUT2D eigenvalue weighted by Gasteiger charge is 2.23. The van der Waals surface area contributed by atoms with Crippen LogP contribution in [0.2, 0.25) is 0 Å². The molecule has 3 aromatic carbocycles. The monoisotopic (exact) mass is 688 g/mol. The first kappa shape index (κ1) is 37.2. The predicted octanol–water partition coefficient (Wildman–Crippen LogP) is 10.8. The largest absolute Gasteiger partial charge is 0.508 e. The fourth-order valence-electron chi connectivity index (χ4n) is 6.64. The quantitative estimate of drug-likeness (QED) is 0.0438. The number of rotatable bonds is 15. The van der Waals surface area contributed by atoms with Crippen molar-refractivity contribution in [2.24, 2.45) is 4.99 Å². The summed E-state index contributed by atoms with van der Waals surface area (Å²) < 4.78 is 12.4. The van der Waals surface area contributed by atoms with E-state index in [4.69, 9.17) is 9.15 Å². The van der Waals surface area contributed by atoms with Gasteiger partial charge in [-0.05, 0) is 113 Å². The standard InChI is InChI=1S/C44H52N2O5/c1-7-45-37-26-40-35(23-28(37)3)42(36-24-29(4)38(46-8-2)27-41(36)51-40)33-20-16-17-21-34(33)44(49)50-22-18-14-12-10-9-11-13-15-19-32-25-39(47)30(5)31(6)43(32)48/h15-17,19-21,23-27,45,47-48H,7-14,18,22H2,1-6H3/b19-15+,46-38?. The van der Waals surface area contributed by atoms with Gasteiger partial charge in [-0.1, -0.05) is 56.0 Å². The van der Waals surface area contributed by atoms with Gasteiger partial charge in [0, 0.05) is 53.0 Å². The lowest BCUT2D eigenvalue weighted by Gasteiger charge is -2.20. The number of allylic oxidation sites excluding steroid dienone is 1. The number of anilines is 1. The third-order valence-corrected chi connectivity index (χ3v) is 9.66. The van der Waals surface area contributed by atoms with Crippen molar-refractivity contribution in [2.45, 2.75) is 86.5 Å². The van der Waals surface area contributed by atoms with E-state index >= 15 is 0 Å². The molecule has 268 valence electrons. The summed E-state index contributed by atoms with van der Waals surface area (Å²) in [6.07, 6.45) is 11.0. The maximum atomic E-state index is 13.6. The van der Waals surface area contributed by atoms with E-state index in [9.17, 15) is 15.0 Å². The number of carbonyl (C=O) groups excluding carboxylic acids is 1. The molecule has 1 aliphatic carbocycles. The van der Waals surface area contributed by atoms with Gasteiger partial charge < -0.3 is 24.7 Å². The molecule has 7 heteroatoms. The molecule has 0 atom stereocenters. The van der Waals surface area contributed by atoms with Crippen LogP contribution in [-0.2, 0) is 4.74 Å². The van der Waals surface area contributed by atoms with Crippen LogP contribution in [0, 0.1) is 27.7 Å². The van der Waals surface area contributed by atoms with E-state index in [1.54, 1.807) is 13.0 Å². The summed E-state index contributed by atoms with van der Waals surface area (Å²) in [7, 11) is 0. The average molecular weight is 689 g/mol. The summed E-state index contributed by atoms with van der Waals surface area (Å²) in [5.41, 5.74) is 9.23. The Bertz CT molecular complexity index is 2070. The number of ether oxygens (including phenoxy) is 1. The van der Waals surface area contributed by atoms with Crippen molar-refractivity contribution in [3.8, 4) is 33.9 Å². The van der Waals surface area contributed by atoms with E-state index in [1.165, 1.54) is 0 Å². The first-order chi connectivity index (χ1) is 24.6. The molecule has 1 aliphatic heterocycles. The van der Waals surface area contributed by atoms with E-state index in [2.05, 4.69) is 55.4 Å². The lowest BCUT2D eigenvalue weighted by molar-refractivity contribution is 0.0498. The molecule has 1 heterocycles. The molecule has 0 spiro atoms. The molecule has 5 rings (SSSR count). The Morgan fingerprint density at radius 3 is 2.37 bits per heavy atom. The number of phenolic OH excluding ortho intramolecular Hbond substituents is 2. The Morgan fingerprint density at radius 2 is 1.61 bits per heavy atom. The minimum Gasteiger partial charge on any atom is -0.508 e. The van der Waals surface area contributed by atoms with E-state index in [-0.39, 0.29) is 17.5 Å².